The summed E-state index contributed by atoms with van der Waals surface area (Å²) in [5.41, 5.74) is 0. The molecule has 0 aromatic heterocycles. The molecule has 0 rings (SSSR count). The lowest BCUT2D eigenvalue weighted by Gasteiger charge is -1.96. The van der Waals surface area contributed by atoms with Crippen LogP contribution in [0.4, 0.5) is 0 Å². The van der Waals surface area contributed by atoms with Crippen molar-refractivity contribution in [3.63, 3.8) is 0 Å². The van der Waals surface area contributed by atoms with Gasteiger partial charge in [-0.05, 0) is 13.3 Å². The van der Waals surface area contributed by atoms with Crippen molar-refractivity contribution in [2.45, 2.75) is 33.1 Å². The molecule has 0 aliphatic rings. The maximum Gasteiger partial charge on any atom is 0.120 e. The summed E-state index contributed by atoms with van der Waals surface area (Å²) >= 11 is 0. The van der Waals surface area contributed by atoms with Gasteiger partial charge in [-0.2, -0.15) is 0 Å². The molecule has 66 valence electrons. The Morgan fingerprint density at radius 1 is 1.50 bits per heavy atom. The zero-order valence-electron chi connectivity index (χ0n) is 7.84. The Balaban J connectivity index is 3.55. The summed E-state index contributed by atoms with van der Waals surface area (Å²) in [6.07, 6.45) is 7.29. The molecule has 1 nitrogen and oxygen atoms in total. The van der Waals surface area contributed by atoms with Gasteiger partial charge in [0.05, 0.1) is 0 Å². The van der Waals surface area contributed by atoms with Crippen LogP contribution in [-0.4, -0.2) is 6.29 Å². The molecule has 0 radical (unpaired) electrons. The van der Waals surface area contributed by atoms with Gasteiger partial charge in [0.15, 0.2) is 0 Å². The van der Waals surface area contributed by atoms with Gasteiger partial charge in [-0.3, -0.25) is 0 Å². The van der Waals surface area contributed by atoms with E-state index in [2.05, 4.69) is 11.8 Å². The number of hydrogen-bond donors (Lipinski definition) is 0. The zero-order chi connectivity index (χ0) is 9.23. The van der Waals surface area contributed by atoms with Gasteiger partial charge in [-0.15, -0.1) is 0 Å². The summed E-state index contributed by atoms with van der Waals surface area (Å²) in [4.78, 5) is 10.0. The minimum Gasteiger partial charge on any atom is -0.303 e. The minimum absolute atomic E-state index is 0.348. The molecule has 0 saturated carbocycles. The Morgan fingerprint density at radius 3 is 2.83 bits per heavy atom. The summed E-state index contributed by atoms with van der Waals surface area (Å²) in [5, 5.41) is 0. The Hall–Kier alpha value is -1.03. The number of rotatable bonds is 4. The molecule has 0 fully saturated rings. The summed E-state index contributed by atoms with van der Waals surface area (Å²) in [5.74, 6) is 6.48. The van der Waals surface area contributed by atoms with Crippen LogP contribution in [0, 0.1) is 17.8 Å². The van der Waals surface area contributed by atoms with Gasteiger partial charge in [-0.1, -0.05) is 30.9 Å². The van der Waals surface area contributed by atoms with Crippen molar-refractivity contribution in [3.8, 4) is 11.8 Å². The van der Waals surface area contributed by atoms with Crippen LogP contribution in [0.15, 0.2) is 12.2 Å². The summed E-state index contributed by atoms with van der Waals surface area (Å²) in [7, 11) is 0. The fourth-order valence-corrected chi connectivity index (χ4v) is 0.800. The van der Waals surface area contributed by atoms with E-state index in [9.17, 15) is 4.79 Å². The highest BCUT2D eigenvalue weighted by atomic mass is 16.1. The van der Waals surface area contributed by atoms with Gasteiger partial charge in [-0.25, -0.2) is 0 Å². The van der Waals surface area contributed by atoms with E-state index in [4.69, 9.17) is 0 Å². The van der Waals surface area contributed by atoms with E-state index in [1.54, 1.807) is 0 Å². The van der Waals surface area contributed by atoms with Crippen molar-refractivity contribution in [1.82, 2.24) is 0 Å². The molecule has 0 saturated heterocycles. The van der Waals surface area contributed by atoms with Gasteiger partial charge in [0, 0.05) is 18.8 Å². The monoisotopic (exact) mass is 164 g/mol. The second kappa shape index (κ2) is 8.07. The molecule has 0 aromatic rings. The minimum atomic E-state index is 0.348. The van der Waals surface area contributed by atoms with Gasteiger partial charge in [0.2, 0.25) is 0 Å². The molecule has 0 aromatic carbocycles. The first-order chi connectivity index (χ1) is 5.81. The fraction of sp³-hybridized carbons (Fsp3) is 0.545. The number of carbonyl (C=O) groups is 1. The second-order valence-electron chi connectivity index (χ2n) is 2.74. The van der Waals surface area contributed by atoms with Crippen molar-refractivity contribution < 1.29 is 4.79 Å². The maximum absolute atomic E-state index is 10.0. The SMILES string of the molecule is CC=CCC#CC(C)CCC=O. The van der Waals surface area contributed by atoms with Gasteiger partial charge < -0.3 is 4.79 Å². The standard InChI is InChI=1S/C11H16O/c1-3-4-5-6-8-11(2)9-7-10-12/h3-4,10-11H,5,7,9H2,1-2H3. The Bertz CT molecular complexity index is 193. The average Bonchev–Trinajstić information content (AvgIpc) is 2.09. The first kappa shape index (κ1) is 11.0. The lowest BCUT2D eigenvalue weighted by Crippen LogP contribution is -1.90. The second-order valence-corrected chi connectivity index (χ2v) is 2.74. The first-order valence-corrected chi connectivity index (χ1v) is 4.34. The third kappa shape index (κ3) is 7.08. The molecule has 1 unspecified atom stereocenters. The van der Waals surface area contributed by atoms with Crippen molar-refractivity contribution in [3.05, 3.63) is 12.2 Å². The molecular formula is C11H16O. The molecule has 0 bridgehead atoms. The predicted molar refractivity (Wildman–Crippen MR) is 51.7 cm³/mol. The molecule has 0 spiro atoms. The summed E-state index contributed by atoms with van der Waals surface area (Å²) in [6.45, 7) is 4.03. The van der Waals surface area contributed by atoms with Crippen molar-refractivity contribution in [1.29, 1.82) is 0 Å². The summed E-state index contributed by atoms with van der Waals surface area (Å²) < 4.78 is 0. The van der Waals surface area contributed by atoms with Crippen LogP contribution >= 0.6 is 0 Å². The number of hydrogen-bond acceptors (Lipinski definition) is 1. The van der Waals surface area contributed by atoms with E-state index in [-0.39, 0.29) is 0 Å². The first-order valence-electron chi connectivity index (χ1n) is 4.34. The maximum atomic E-state index is 10.0. The van der Waals surface area contributed by atoms with Crippen LogP contribution in [0.3, 0.4) is 0 Å². The Labute approximate surface area is 74.9 Å². The third-order valence-corrected chi connectivity index (χ3v) is 1.52. The van der Waals surface area contributed by atoms with Crippen LogP contribution in [0.2, 0.25) is 0 Å². The molecule has 0 amide bonds. The molecule has 0 N–H and O–H groups in total. The molecule has 0 heterocycles. The van der Waals surface area contributed by atoms with Gasteiger partial charge in [0.25, 0.3) is 0 Å². The van der Waals surface area contributed by atoms with Crippen LogP contribution in [-0.2, 0) is 4.79 Å². The number of carbonyl (C=O) groups excluding carboxylic acids is 1. The van der Waals surface area contributed by atoms with E-state index in [0.717, 1.165) is 19.1 Å². The van der Waals surface area contributed by atoms with Crippen molar-refractivity contribution in [2.24, 2.45) is 5.92 Å². The molecule has 1 atom stereocenters. The lowest BCUT2D eigenvalue weighted by atomic mass is 10.1. The Morgan fingerprint density at radius 2 is 2.25 bits per heavy atom. The smallest absolute Gasteiger partial charge is 0.120 e. The summed E-state index contributed by atoms with van der Waals surface area (Å²) in [6, 6.07) is 0. The van der Waals surface area contributed by atoms with Crippen LogP contribution < -0.4 is 0 Å². The van der Waals surface area contributed by atoms with Crippen molar-refractivity contribution in [2.75, 3.05) is 0 Å². The van der Waals surface area contributed by atoms with E-state index in [1.807, 2.05) is 26.0 Å². The van der Waals surface area contributed by atoms with E-state index < -0.39 is 0 Å². The highest BCUT2D eigenvalue weighted by molar-refractivity contribution is 5.49. The van der Waals surface area contributed by atoms with Crippen molar-refractivity contribution >= 4 is 6.29 Å². The average molecular weight is 164 g/mol. The lowest BCUT2D eigenvalue weighted by molar-refractivity contribution is -0.108. The van der Waals surface area contributed by atoms with Crippen LogP contribution in [0.1, 0.15) is 33.1 Å². The zero-order valence-corrected chi connectivity index (χ0v) is 7.84. The topological polar surface area (TPSA) is 17.1 Å². The van der Waals surface area contributed by atoms with Crippen LogP contribution in [0.5, 0.6) is 0 Å². The predicted octanol–water partition coefficient (Wildman–Crippen LogP) is 2.57. The fourth-order valence-electron chi connectivity index (χ4n) is 0.800. The highest BCUT2D eigenvalue weighted by Gasteiger charge is 1.93. The largest absolute Gasteiger partial charge is 0.303 e. The quantitative estimate of drug-likeness (QED) is 0.354. The normalized spacial score (nSPS) is 12.2. The Kier molecular flexibility index (Phi) is 7.38. The van der Waals surface area contributed by atoms with Gasteiger partial charge in [0.1, 0.15) is 6.29 Å². The molecular weight excluding hydrogens is 148 g/mol. The molecule has 1 heteroatoms. The number of aldehydes is 1. The molecule has 12 heavy (non-hydrogen) atoms. The van der Waals surface area contributed by atoms with E-state index >= 15 is 0 Å². The van der Waals surface area contributed by atoms with E-state index in [0.29, 0.717) is 12.3 Å². The number of allylic oxidation sites excluding steroid dienone is 2. The van der Waals surface area contributed by atoms with Gasteiger partial charge >= 0.3 is 0 Å². The van der Waals surface area contributed by atoms with Crippen LogP contribution in [0.25, 0.3) is 0 Å². The molecule has 0 aliphatic carbocycles. The highest BCUT2D eigenvalue weighted by Crippen LogP contribution is 2.01. The van der Waals surface area contributed by atoms with E-state index in [1.165, 1.54) is 0 Å². The molecule has 0 aliphatic heterocycles. The third-order valence-electron chi connectivity index (χ3n) is 1.52.